The lowest BCUT2D eigenvalue weighted by Gasteiger charge is -2.17. The Hall–Kier alpha value is -2.30. The molecule has 23 heavy (non-hydrogen) atoms. The van der Waals surface area contributed by atoms with E-state index in [0.717, 1.165) is 0 Å². The molecular formula is C13H17N3O7. The van der Waals surface area contributed by atoms with Gasteiger partial charge in [-0.3, -0.25) is 14.4 Å². The van der Waals surface area contributed by atoms with Gasteiger partial charge in [-0.25, -0.2) is 4.98 Å². The van der Waals surface area contributed by atoms with Gasteiger partial charge in [-0.1, -0.05) is 0 Å². The maximum Gasteiger partial charge on any atom is 0.290 e. The summed E-state index contributed by atoms with van der Waals surface area (Å²) in [7, 11) is 0. The average Bonchev–Trinajstić information content (AvgIpc) is 3.04. The summed E-state index contributed by atoms with van der Waals surface area (Å²) >= 11 is 0. The van der Waals surface area contributed by atoms with Crippen LogP contribution in [0.1, 0.15) is 16.2 Å². The molecule has 10 heteroatoms. The number of amides is 1. The van der Waals surface area contributed by atoms with Crippen molar-refractivity contribution in [3.8, 4) is 0 Å². The maximum absolute atomic E-state index is 12.1. The Labute approximate surface area is 130 Å². The first-order chi connectivity index (χ1) is 11.0. The number of hydrogen-bond donors (Lipinski definition) is 4. The molecule has 4 N–H and O–H groups in total. The van der Waals surface area contributed by atoms with Crippen molar-refractivity contribution in [3.05, 3.63) is 27.9 Å². The van der Waals surface area contributed by atoms with Crippen molar-refractivity contribution in [2.24, 2.45) is 0 Å². The standard InChI is InChI=1S/C12H15N3O5.CH2O2/c1-5-13-2-6(11(17)14-5)12(18)15-7-3-19-10-8(16)4-20-9(7)10;2-1-3/h2,7-10,16H,3-4H2,1H3,(H,15,18)(H,13,14,17);1H,(H,2,3)/t7-,8-,9+,10+;/m0./s1. The number of rotatable bonds is 2. The highest BCUT2D eigenvalue weighted by atomic mass is 16.6. The van der Waals surface area contributed by atoms with E-state index in [0.29, 0.717) is 5.82 Å². The number of aryl methyl sites for hydroxylation is 1. The van der Waals surface area contributed by atoms with Crippen LogP contribution in [0.25, 0.3) is 0 Å². The fourth-order valence-corrected chi connectivity index (χ4v) is 2.49. The van der Waals surface area contributed by atoms with E-state index in [-0.39, 0.29) is 37.4 Å². The first-order valence-electron chi connectivity index (χ1n) is 6.83. The fraction of sp³-hybridized carbons (Fsp3) is 0.538. The molecule has 1 amide bonds. The Morgan fingerprint density at radius 2 is 2.09 bits per heavy atom. The molecule has 2 fully saturated rings. The molecule has 0 bridgehead atoms. The number of aliphatic hydroxyl groups excluding tert-OH is 1. The second-order valence-corrected chi connectivity index (χ2v) is 5.06. The fourth-order valence-electron chi connectivity index (χ4n) is 2.49. The number of nitrogens with one attached hydrogen (secondary N) is 2. The van der Waals surface area contributed by atoms with Crippen LogP contribution >= 0.6 is 0 Å². The molecule has 1 aromatic heterocycles. The van der Waals surface area contributed by atoms with Crippen LogP contribution in [0, 0.1) is 6.92 Å². The van der Waals surface area contributed by atoms with E-state index in [1.807, 2.05) is 0 Å². The van der Waals surface area contributed by atoms with Gasteiger partial charge in [0.1, 0.15) is 29.7 Å². The molecule has 0 unspecified atom stereocenters. The van der Waals surface area contributed by atoms with Gasteiger partial charge in [-0.05, 0) is 6.92 Å². The van der Waals surface area contributed by atoms with Gasteiger partial charge in [0.05, 0.1) is 19.3 Å². The molecule has 2 saturated heterocycles. The lowest BCUT2D eigenvalue weighted by molar-refractivity contribution is -0.122. The molecule has 3 rings (SSSR count). The molecule has 2 aliphatic heterocycles. The van der Waals surface area contributed by atoms with Gasteiger partial charge in [-0.2, -0.15) is 0 Å². The van der Waals surface area contributed by atoms with E-state index in [4.69, 9.17) is 19.4 Å². The predicted molar refractivity (Wildman–Crippen MR) is 75.0 cm³/mol. The number of carbonyl (C=O) groups is 2. The van der Waals surface area contributed by atoms with Crippen molar-refractivity contribution in [1.29, 1.82) is 0 Å². The highest BCUT2D eigenvalue weighted by Gasteiger charge is 2.47. The second kappa shape index (κ2) is 7.31. The largest absolute Gasteiger partial charge is 0.483 e. The van der Waals surface area contributed by atoms with Gasteiger partial charge in [-0.15, -0.1) is 0 Å². The van der Waals surface area contributed by atoms with E-state index < -0.39 is 23.7 Å². The Morgan fingerprint density at radius 1 is 1.43 bits per heavy atom. The summed E-state index contributed by atoms with van der Waals surface area (Å²) < 4.78 is 10.8. The summed E-state index contributed by atoms with van der Waals surface area (Å²) in [5, 5.41) is 19.2. The van der Waals surface area contributed by atoms with Crippen LogP contribution in [0.5, 0.6) is 0 Å². The van der Waals surface area contributed by atoms with E-state index >= 15 is 0 Å². The molecule has 0 saturated carbocycles. The van der Waals surface area contributed by atoms with Crippen LogP contribution in [-0.4, -0.2) is 70.1 Å². The van der Waals surface area contributed by atoms with Crippen LogP contribution in [0.2, 0.25) is 0 Å². The lowest BCUT2D eigenvalue weighted by atomic mass is 10.1. The Bertz CT molecular complexity index is 632. The van der Waals surface area contributed by atoms with Crippen LogP contribution in [0.4, 0.5) is 0 Å². The predicted octanol–water partition coefficient (Wildman–Crippen LogP) is -1.96. The number of ether oxygens (including phenoxy) is 2. The number of aliphatic hydroxyl groups is 1. The Kier molecular flexibility index (Phi) is 5.42. The maximum atomic E-state index is 12.1. The van der Waals surface area contributed by atoms with Gasteiger partial charge >= 0.3 is 0 Å². The molecule has 1 aromatic rings. The lowest BCUT2D eigenvalue weighted by Crippen LogP contribution is -2.45. The zero-order chi connectivity index (χ0) is 17.0. The number of aromatic nitrogens is 2. The third kappa shape index (κ3) is 3.73. The summed E-state index contributed by atoms with van der Waals surface area (Å²) in [6.07, 6.45) is -0.242. The normalized spacial score (nSPS) is 28.4. The van der Waals surface area contributed by atoms with Crippen LogP contribution in [0.3, 0.4) is 0 Å². The summed E-state index contributed by atoms with van der Waals surface area (Å²) in [5.74, 6) is -0.0870. The smallest absolute Gasteiger partial charge is 0.290 e. The van der Waals surface area contributed by atoms with Crippen LogP contribution in [-0.2, 0) is 14.3 Å². The molecule has 0 radical (unpaired) electrons. The first kappa shape index (κ1) is 17.1. The molecular weight excluding hydrogens is 310 g/mol. The Balaban J connectivity index is 0.000000595. The van der Waals surface area contributed by atoms with E-state index in [1.54, 1.807) is 6.92 Å². The van der Waals surface area contributed by atoms with Crippen molar-refractivity contribution in [2.75, 3.05) is 13.2 Å². The minimum Gasteiger partial charge on any atom is -0.483 e. The summed E-state index contributed by atoms with van der Waals surface area (Å²) in [6.45, 7) is 1.82. The van der Waals surface area contributed by atoms with Crippen LogP contribution < -0.4 is 10.9 Å². The molecule has 0 aromatic carbocycles. The van der Waals surface area contributed by atoms with Gasteiger partial charge in [0.15, 0.2) is 0 Å². The van der Waals surface area contributed by atoms with E-state index in [1.165, 1.54) is 6.20 Å². The molecule has 3 heterocycles. The number of fused-ring (bicyclic) bond motifs is 1. The summed E-state index contributed by atoms with van der Waals surface area (Å²) in [4.78, 5) is 38.5. The molecule has 2 aliphatic rings. The zero-order valence-electron chi connectivity index (χ0n) is 12.3. The van der Waals surface area contributed by atoms with Crippen molar-refractivity contribution in [3.63, 3.8) is 0 Å². The highest BCUT2D eigenvalue weighted by molar-refractivity contribution is 5.93. The number of carboxylic acid groups (broad SMARTS) is 1. The van der Waals surface area contributed by atoms with Crippen LogP contribution in [0.15, 0.2) is 11.0 Å². The first-order valence-corrected chi connectivity index (χ1v) is 6.83. The molecule has 4 atom stereocenters. The molecule has 0 aliphatic carbocycles. The van der Waals surface area contributed by atoms with Crippen molar-refractivity contribution >= 4 is 12.4 Å². The Morgan fingerprint density at radius 3 is 2.74 bits per heavy atom. The van der Waals surface area contributed by atoms with E-state index in [2.05, 4.69) is 15.3 Å². The van der Waals surface area contributed by atoms with Crippen molar-refractivity contribution in [1.82, 2.24) is 15.3 Å². The number of hydrogen-bond acceptors (Lipinski definition) is 7. The SMILES string of the molecule is Cc1ncc(C(=O)N[C@H]2CO[C@H]3[C@@H]2OC[C@@H]3O)c(=O)[nH]1.O=CO. The third-order valence-electron chi connectivity index (χ3n) is 3.51. The number of carbonyl (C=O) groups excluding carboxylic acids is 1. The highest BCUT2D eigenvalue weighted by Crippen LogP contribution is 2.26. The summed E-state index contributed by atoms with van der Waals surface area (Å²) in [5.41, 5.74) is -0.546. The second-order valence-electron chi connectivity index (χ2n) is 5.06. The minimum absolute atomic E-state index is 0.0578. The third-order valence-corrected chi connectivity index (χ3v) is 3.51. The van der Waals surface area contributed by atoms with Gasteiger partial charge < -0.3 is 30.0 Å². The number of aromatic amines is 1. The quantitative estimate of drug-likeness (QED) is 0.457. The van der Waals surface area contributed by atoms with E-state index in [9.17, 15) is 14.7 Å². The molecule has 126 valence electrons. The minimum atomic E-state index is -0.675. The molecule has 10 nitrogen and oxygen atoms in total. The van der Waals surface area contributed by atoms with Gasteiger partial charge in [0, 0.05) is 6.20 Å². The molecule has 0 spiro atoms. The van der Waals surface area contributed by atoms with Crippen molar-refractivity contribution < 1.29 is 29.3 Å². The number of H-pyrrole nitrogens is 1. The van der Waals surface area contributed by atoms with Gasteiger partial charge in [0.25, 0.3) is 17.9 Å². The topological polar surface area (TPSA) is 151 Å². The summed E-state index contributed by atoms with van der Waals surface area (Å²) in [6, 6.07) is -0.384. The number of nitrogens with zero attached hydrogens (tertiary/aromatic N) is 1. The average molecular weight is 327 g/mol. The monoisotopic (exact) mass is 327 g/mol. The van der Waals surface area contributed by atoms with Crippen molar-refractivity contribution in [2.45, 2.75) is 31.3 Å². The van der Waals surface area contributed by atoms with Gasteiger partial charge in [0.2, 0.25) is 0 Å². The zero-order valence-corrected chi connectivity index (χ0v) is 12.3.